The van der Waals surface area contributed by atoms with E-state index in [-0.39, 0.29) is 0 Å². The summed E-state index contributed by atoms with van der Waals surface area (Å²) in [6.07, 6.45) is 0. The summed E-state index contributed by atoms with van der Waals surface area (Å²) < 4.78 is 1.89. The highest BCUT2D eigenvalue weighted by Gasteiger charge is 2.21. The first-order valence-corrected chi connectivity index (χ1v) is 8.75. The van der Waals surface area contributed by atoms with Crippen molar-refractivity contribution in [2.45, 2.75) is 45.9 Å². The molecule has 2 aromatic carbocycles. The number of nitrogens with zero attached hydrogens (tertiary/aromatic N) is 5. The molecular formula is C20H25N5. The summed E-state index contributed by atoms with van der Waals surface area (Å²) in [7, 11) is 0. The summed E-state index contributed by atoms with van der Waals surface area (Å²) in [5.41, 5.74) is 2.50. The molecule has 0 N–H and O–H groups in total. The number of benzene rings is 2. The molecule has 5 nitrogen and oxygen atoms in total. The fraction of sp³-hybridized carbons (Fsp3) is 0.350. The van der Waals surface area contributed by atoms with E-state index in [2.05, 4.69) is 83.7 Å². The van der Waals surface area contributed by atoms with Gasteiger partial charge in [0.2, 0.25) is 0 Å². The second kappa shape index (κ2) is 8.03. The Labute approximate surface area is 149 Å². The van der Waals surface area contributed by atoms with E-state index >= 15 is 0 Å². The molecule has 0 unspecified atom stereocenters. The van der Waals surface area contributed by atoms with Gasteiger partial charge >= 0.3 is 0 Å². The monoisotopic (exact) mass is 335 g/mol. The Morgan fingerprint density at radius 2 is 1.56 bits per heavy atom. The Morgan fingerprint density at radius 1 is 0.920 bits per heavy atom. The van der Waals surface area contributed by atoms with Crippen molar-refractivity contribution in [3.05, 3.63) is 77.6 Å². The third kappa shape index (κ3) is 4.31. The summed E-state index contributed by atoms with van der Waals surface area (Å²) >= 11 is 0. The van der Waals surface area contributed by atoms with Crippen LogP contribution in [0.5, 0.6) is 0 Å². The third-order valence-electron chi connectivity index (χ3n) is 4.55. The van der Waals surface area contributed by atoms with Gasteiger partial charge in [0.25, 0.3) is 0 Å². The number of tetrazole rings is 1. The Hall–Kier alpha value is -2.53. The highest BCUT2D eigenvalue weighted by Crippen LogP contribution is 2.24. The fourth-order valence-corrected chi connectivity index (χ4v) is 3.07. The molecule has 0 fully saturated rings. The van der Waals surface area contributed by atoms with E-state index < -0.39 is 0 Å². The summed E-state index contributed by atoms with van der Waals surface area (Å²) in [6, 6.07) is 21.5. The van der Waals surface area contributed by atoms with Crippen LogP contribution in [0, 0.1) is 0 Å². The molecule has 1 atom stereocenters. The van der Waals surface area contributed by atoms with Crippen molar-refractivity contribution in [1.82, 2.24) is 25.1 Å². The predicted molar refractivity (Wildman–Crippen MR) is 98.9 cm³/mol. The van der Waals surface area contributed by atoms with Crippen molar-refractivity contribution in [2.75, 3.05) is 0 Å². The van der Waals surface area contributed by atoms with Crippen molar-refractivity contribution >= 4 is 0 Å². The van der Waals surface area contributed by atoms with Crippen molar-refractivity contribution in [1.29, 1.82) is 0 Å². The Balaban J connectivity index is 1.78. The van der Waals surface area contributed by atoms with Crippen LogP contribution in [0.1, 0.15) is 43.8 Å². The molecule has 25 heavy (non-hydrogen) atoms. The molecule has 1 heterocycles. The van der Waals surface area contributed by atoms with E-state index in [1.165, 1.54) is 11.1 Å². The van der Waals surface area contributed by atoms with Crippen LogP contribution >= 0.6 is 0 Å². The standard InChI is InChI=1S/C20H25N5/c1-16(2)24(17(3)19-12-8-5-9-13-19)15-20-21-22-23-25(20)14-18-10-6-4-7-11-18/h4-13,16-17H,14-15H2,1-3H3/t17-/m1/s1. The second-order valence-electron chi connectivity index (χ2n) is 6.59. The van der Waals surface area contributed by atoms with Gasteiger partial charge in [0.1, 0.15) is 0 Å². The number of hydrogen-bond acceptors (Lipinski definition) is 4. The maximum atomic E-state index is 4.27. The fourth-order valence-electron chi connectivity index (χ4n) is 3.07. The normalized spacial score (nSPS) is 12.7. The molecule has 0 aliphatic heterocycles. The highest BCUT2D eigenvalue weighted by molar-refractivity contribution is 5.19. The van der Waals surface area contributed by atoms with Crippen molar-refractivity contribution in [3.63, 3.8) is 0 Å². The lowest BCUT2D eigenvalue weighted by Crippen LogP contribution is -2.34. The van der Waals surface area contributed by atoms with Crippen molar-refractivity contribution in [3.8, 4) is 0 Å². The molecule has 130 valence electrons. The van der Waals surface area contributed by atoms with Crippen LogP contribution in [-0.4, -0.2) is 31.1 Å². The summed E-state index contributed by atoms with van der Waals surface area (Å²) in [4.78, 5) is 2.42. The van der Waals surface area contributed by atoms with Crippen LogP contribution in [0.15, 0.2) is 60.7 Å². The molecule has 0 amide bonds. The Kier molecular flexibility index (Phi) is 5.56. The van der Waals surface area contributed by atoms with Crippen LogP contribution in [0.4, 0.5) is 0 Å². The maximum absolute atomic E-state index is 4.27. The third-order valence-corrected chi connectivity index (χ3v) is 4.55. The molecule has 0 saturated carbocycles. The topological polar surface area (TPSA) is 46.8 Å². The van der Waals surface area contributed by atoms with Crippen LogP contribution in [0.25, 0.3) is 0 Å². The largest absolute Gasteiger partial charge is 0.287 e. The lowest BCUT2D eigenvalue weighted by Gasteiger charge is -2.32. The molecule has 3 rings (SSSR count). The molecule has 3 aromatic rings. The maximum Gasteiger partial charge on any atom is 0.165 e. The average Bonchev–Trinajstić information content (AvgIpc) is 3.07. The van der Waals surface area contributed by atoms with E-state index in [9.17, 15) is 0 Å². The first kappa shape index (κ1) is 17.3. The molecule has 0 spiro atoms. The SMILES string of the molecule is CC(C)N(Cc1nnnn1Cc1ccccc1)[C@H](C)c1ccccc1. The molecule has 0 bridgehead atoms. The molecule has 0 saturated heterocycles. The van der Waals surface area contributed by atoms with Gasteiger partial charge in [-0.15, -0.1) is 5.10 Å². The van der Waals surface area contributed by atoms with E-state index in [1.807, 2.05) is 22.9 Å². The van der Waals surface area contributed by atoms with Gasteiger partial charge in [-0.2, -0.15) is 0 Å². The minimum Gasteiger partial charge on any atom is -0.287 e. The van der Waals surface area contributed by atoms with Crippen LogP contribution < -0.4 is 0 Å². The van der Waals surface area contributed by atoms with Gasteiger partial charge in [-0.1, -0.05) is 60.7 Å². The zero-order valence-electron chi connectivity index (χ0n) is 15.1. The lowest BCUT2D eigenvalue weighted by molar-refractivity contribution is 0.148. The van der Waals surface area contributed by atoms with Crippen molar-refractivity contribution in [2.24, 2.45) is 0 Å². The molecule has 0 aliphatic carbocycles. The van der Waals surface area contributed by atoms with E-state index in [0.717, 1.165) is 5.82 Å². The molecule has 5 heteroatoms. The molecule has 0 aliphatic rings. The smallest absolute Gasteiger partial charge is 0.165 e. The van der Waals surface area contributed by atoms with Gasteiger partial charge in [0.05, 0.1) is 13.1 Å². The average molecular weight is 335 g/mol. The summed E-state index contributed by atoms with van der Waals surface area (Å²) in [5.74, 6) is 0.889. The van der Waals surface area contributed by atoms with Crippen molar-refractivity contribution < 1.29 is 0 Å². The summed E-state index contributed by atoms with van der Waals surface area (Å²) in [6.45, 7) is 8.07. The Morgan fingerprint density at radius 3 is 2.20 bits per heavy atom. The summed E-state index contributed by atoms with van der Waals surface area (Å²) in [5, 5.41) is 12.4. The van der Waals surface area contributed by atoms with Gasteiger partial charge in [-0.3, -0.25) is 4.90 Å². The minimum absolute atomic E-state index is 0.295. The van der Waals surface area contributed by atoms with Crippen LogP contribution in [-0.2, 0) is 13.1 Å². The quantitative estimate of drug-likeness (QED) is 0.660. The minimum atomic E-state index is 0.295. The van der Waals surface area contributed by atoms with E-state index in [1.54, 1.807) is 0 Å². The molecule has 0 radical (unpaired) electrons. The van der Waals surface area contributed by atoms with Crippen LogP contribution in [0.3, 0.4) is 0 Å². The lowest BCUT2D eigenvalue weighted by atomic mass is 10.1. The number of hydrogen-bond donors (Lipinski definition) is 0. The van der Waals surface area contributed by atoms with Gasteiger partial charge < -0.3 is 0 Å². The van der Waals surface area contributed by atoms with Gasteiger partial charge in [0.15, 0.2) is 5.82 Å². The van der Waals surface area contributed by atoms with E-state index in [0.29, 0.717) is 25.2 Å². The first-order valence-electron chi connectivity index (χ1n) is 8.75. The first-order chi connectivity index (χ1) is 12.1. The second-order valence-corrected chi connectivity index (χ2v) is 6.59. The molecule has 1 aromatic heterocycles. The van der Waals surface area contributed by atoms with Gasteiger partial charge in [0, 0.05) is 12.1 Å². The van der Waals surface area contributed by atoms with Crippen LogP contribution in [0.2, 0.25) is 0 Å². The number of aromatic nitrogens is 4. The predicted octanol–water partition coefficient (Wildman–Crippen LogP) is 3.69. The zero-order valence-corrected chi connectivity index (χ0v) is 15.1. The molecular weight excluding hydrogens is 310 g/mol. The highest BCUT2D eigenvalue weighted by atomic mass is 15.5. The van der Waals surface area contributed by atoms with Gasteiger partial charge in [-0.05, 0) is 42.3 Å². The zero-order chi connectivity index (χ0) is 17.6. The van der Waals surface area contributed by atoms with Gasteiger partial charge in [-0.25, -0.2) is 4.68 Å². The number of rotatable bonds is 7. The Bertz CT molecular complexity index is 767. The van der Waals surface area contributed by atoms with E-state index in [4.69, 9.17) is 0 Å².